The Balaban J connectivity index is 1.80. The van der Waals surface area contributed by atoms with Crippen LogP contribution in [0.25, 0.3) is 11.1 Å². The van der Waals surface area contributed by atoms with Gasteiger partial charge in [-0.3, -0.25) is 14.3 Å². The fraction of sp³-hybridized carbons (Fsp3) is 0.556. The molecule has 0 aliphatic carbocycles. The van der Waals surface area contributed by atoms with E-state index in [-0.39, 0.29) is 17.7 Å². The lowest BCUT2D eigenvalue weighted by Gasteiger charge is -2.33. The summed E-state index contributed by atoms with van der Waals surface area (Å²) in [6.07, 6.45) is 1.83. The van der Waals surface area contributed by atoms with Crippen LogP contribution in [0.4, 0.5) is 0 Å². The summed E-state index contributed by atoms with van der Waals surface area (Å²) in [7, 11) is 0. The van der Waals surface area contributed by atoms with Crippen LogP contribution in [-0.2, 0) is 4.79 Å². The van der Waals surface area contributed by atoms with Crippen LogP contribution in [0.3, 0.4) is 0 Å². The lowest BCUT2D eigenvalue weighted by Crippen LogP contribution is -2.45. The zero-order valence-corrected chi connectivity index (χ0v) is 15.5. The Morgan fingerprint density at radius 2 is 2.12 bits per heavy atom. The number of likely N-dealkylation sites (tertiary alicyclic amines) is 1. The monoisotopic (exact) mass is 365 g/mol. The molecule has 25 heavy (non-hydrogen) atoms. The van der Waals surface area contributed by atoms with Crippen molar-refractivity contribution in [2.75, 3.05) is 32.7 Å². The largest absolute Gasteiger partial charge is 0.420 e. The third-order valence-corrected chi connectivity index (χ3v) is 5.13. The van der Waals surface area contributed by atoms with Crippen LogP contribution >= 0.6 is 11.6 Å². The smallest absolute Gasteiger partial charge is 0.408 e. The van der Waals surface area contributed by atoms with E-state index in [0.29, 0.717) is 23.7 Å². The summed E-state index contributed by atoms with van der Waals surface area (Å²) in [5, 5.41) is 0.575. The molecule has 1 aliphatic rings. The molecule has 0 bridgehead atoms. The van der Waals surface area contributed by atoms with Crippen molar-refractivity contribution in [3.8, 4) is 0 Å². The summed E-state index contributed by atoms with van der Waals surface area (Å²) in [6, 6.07) is 5.19. The van der Waals surface area contributed by atoms with E-state index in [9.17, 15) is 9.59 Å². The molecule has 0 saturated carbocycles. The molecule has 3 rings (SSSR count). The number of piperidine rings is 1. The molecule has 1 aliphatic heterocycles. The average molecular weight is 366 g/mol. The summed E-state index contributed by atoms with van der Waals surface area (Å²) < 4.78 is 7.04. The van der Waals surface area contributed by atoms with Gasteiger partial charge in [-0.05, 0) is 51.4 Å². The van der Waals surface area contributed by atoms with Gasteiger partial charge in [0, 0.05) is 24.7 Å². The first-order chi connectivity index (χ1) is 12.0. The second-order valence-corrected chi connectivity index (χ2v) is 6.88. The molecule has 2 aromatic rings. The number of oxazole rings is 1. The van der Waals surface area contributed by atoms with Gasteiger partial charge in [0.25, 0.3) is 0 Å². The quantitative estimate of drug-likeness (QED) is 0.817. The number of rotatable bonds is 5. The number of benzene rings is 1. The number of hydrogen-bond donors (Lipinski definition) is 0. The van der Waals surface area contributed by atoms with Gasteiger partial charge >= 0.3 is 5.76 Å². The first-order valence-electron chi connectivity index (χ1n) is 8.84. The van der Waals surface area contributed by atoms with Gasteiger partial charge in [-0.15, -0.1) is 0 Å². The van der Waals surface area contributed by atoms with Crippen LogP contribution in [0.15, 0.2) is 27.4 Å². The van der Waals surface area contributed by atoms with Crippen LogP contribution < -0.4 is 5.76 Å². The van der Waals surface area contributed by atoms with Crippen LogP contribution in [-0.4, -0.2) is 53.0 Å². The molecule has 1 saturated heterocycles. The summed E-state index contributed by atoms with van der Waals surface area (Å²) in [5.74, 6) is -0.225. The average Bonchev–Trinajstić information content (AvgIpc) is 2.91. The fourth-order valence-corrected chi connectivity index (χ4v) is 3.77. The maximum absolute atomic E-state index is 12.4. The normalized spacial score (nSPS) is 18.6. The number of nitrogens with zero attached hydrogens (tertiary/aromatic N) is 3. The number of halogens is 1. The van der Waals surface area contributed by atoms with Crippen molar-refractivity contribution in [2.45, 2.75) is 32.7 Å². The second kappa shape index (κ2) is 7.62. The molecule has 1 aromatic carbocycles. The minimum Gasteiger partial charge on any atom is -0.408 e. The van der Waals surface area contributed by atoms with Crippen LogP contribution in [0.1, 0.15) is 32.7 Å². The van der Waals surface area contributed by atoms with Gasteiger partial charge in [-0.2, -0.15) is 0 Å². The highest BCUT2D eigenvalue weighted by atomic mass is 35.5. The Hall–Kier alpha value is -1.79. The van der Waals surface area contributed by atoms with Gasteiger partial charge in [-0.1, -0.05) is 11.6 Å². The van der Waals surface area contributed by atoms with E-state index >= 15 is 0 Å². The van der Waals surface area contributed by atoms with E-state index in [2.05, 4.69) is 4.90 Å². The van der Waals surface area contributed by atoms with Crippen molar-refractivity contribution >= 4 is 28.6 Å². The second-order valence-electron chi connectivity index (χ2n) is 6.45. The van der Waals surface area contributed by atoms with Crippen molar-refractivity contribution in [1.82, 2.24) is 14.4 Å². The molecule has 1 fully saturated rings. The highest BCUT2D eigenvalue weighted by molar-refractivity contribution is 6.31. The van der Waals surface area contributed by atoms with Crippen LogP contribution in [0.2, 0.25) is 5.02 Å². The third-order valence-electron chi connectivity index (χ3n) is 4.90. The van der Waals surface area contributed by atoms with E-state index in [1.54, 1.807) is 22.8 Å². The number of fused-ring (bicyclic) bond motifs is 1. The highest BCUT2D eigenvalue weighted by Crippen LogP contribution is 2.26. The molecule has 6 nitrogen and oxygen atoms in total. The maximum Gasteiger partial charge on any atom is 0.420 e. The number of carbonyl (C=O) groups excluding carboxylic acids is 1. The molecule has 0 N–H and O–H groups in total. The first-order valence-corrected chi connectivity index (χ1v) is 9.22. The molecule has 1 amide bonds. The van der Waals surface area contributed by atoms with Crippen molar-refractivity contribution in [3.05, 3.63) is 33.8 Å². The van der Waals surface area contributed by atoms with E-state index in [1.165, 1.54) is 0 Å². The van der Waals surface area contributed by atoms with E-state index in [1.807, 2.05) is 18.7 Å². The van der Waals surface area contributed by atoms with Gasteiger partial charge in [0.1, 0.15) is 0 Å². The first kappa shape index (κ1) is 18.0. The van der Waals surface area contributed by atoms with Crippen molar-refractivity contribution in [1.29, 1.82) is 0 Å². The Morgan fingerprint density at radius 1 is 1.36 bits per heavy atom. The molecule has 1 atom stereocenters. The molecule has 0 unspecified atom stereocenters. The SMILES string of the molecule is CCN(CC)C(=O)CN1CCC[C@@H](n2c(=O)oc3ccc(Cl)cc32)C1. The summed E-state index contributed by atoms with van der Waals surface area (Å²) in [6.45, 7) is 7.34. The summed E-state index contributed by atoms with van der Waals surface area (Å²) >= 11 is 6.09. The van der Waals surface area contributed by atoms with Crippen LogP contribution in [0, 0.1) is 0 Å². The maximum atomic E-state index is 12.4. The molecule has 1 aromatic heterocycles. The molecule has 0 spiro atoms. The Labute approximate surface area is 151 Å². The number of hydrogen-bond acceptors (Lipinski definition) is 4. The predicted molar refractivity (Wildman–Crippen MR) is 98.1 cm³/mol. The molecule has 136 valence electrons. The topological polar surface area (TPSA) is 58.7 Å². The van der Waals surface area contributed by atoms with Crippen LogP contribution in [0.5, 0.6) is 0 Å². The lowest BCUT2D eigenvalue weighted by atomic mass is 10.1. The Morgan fingerprint density at radius 3 is 2.84 bits per heavy atom. The molecule has 0 radical (unpaired) electrons. The van der Waals surface area contributed by atoms with E-state index in [4.69, 9.17) is 16.0 Å². The van der Waals surface area contributed by atoms with Gasteiger partial charge in [0.05, 0.1) is 18.1 Å². The minimum atomic E-state index is -0.362. The number of aromatic nitrogens is 1. The fourth-order valence-electron chi connectivity index (χ4n) is 3.61. The van der Waals surface area contributed by atoms with Gasteiger partial charge < -0.3 is 9.32 Å². The highest BCUT2D eigenvalue weighted by Gasteiger charge is 2.27. The van der Waals surface area contributed by atoms with Gasteiger partial charge in [-0.25, -0.2) is 4.79 Å². The zero-order chi connectivity index (χ0) is 18.0. The van der Waals surface area contributed by atoms with Gasteiger partial charge in [0.15, 0.2) is 5.58 Å². The lowest BCUT2D eigenvalue weighted by molar-refractivity contribution is -0.132. The number of carbonyl (C=O) groups is 1. The van der Waals surface area contributed by atoms with E-state index < -0.39 is 0 Å². The van der Waals surface area contributed by atoms with Crippen molar-refractivity contribution in [2.24, 2.45) is 0 Å². The predicted octanol–water partition coefficient (Wildman–Crippen LogP) is 2.75. The van der Waals surface area contributed by atoms with E-state index in [0.717, 1.165) is 38.0 Å². The minimum absolute atomic E-state index is 0.00882. The van der Waals surface area contributed by atoms with Gasteiger partial charge in [0.2, 0.25) is 5.91 Å². The van der Waals surface area contributed by atoms with Crippen molar-refractivity contribution < 1.29 is 9.21 Å². The number of amides is 1. The molecule has 7 heteroatoms. The summed E-state index contributed by atoms with van der Waals surface area (Å²) in [4.78, 5) is 28.7. The summed E-state index contributed by atoms with van der Waals surface area (Å²) in [5.41, 5.74) is 1.27. The van der Waals surface area contributed by atoms with Crippen molar-refractivity contribution in [3.63, 3.8) is 0 Å². The Kier molecular flexibility index (Phi) is 5.49. The molecule has 2 heterocycles. The third kappa shape index (κ3) is 3.75. The molecular formula is C18H24ClN3O3. The zero-order valence-electron chi connectivity index (χ0n) is 14.7. The number of likely N-dealkylation sites (N-methyl/N-ethyl adjacent to an activating group) is 1. The Bertz CT molecular complexity index is 809. The molecular weight excluding hydrogens is 342 g/mol. The standard InChI is InChI=1S/C18H24ClN3O3/c1-3-21(4-2)17(23)12-20-9-5-6-14(11-20)22-15-10-13(19)7-8-16(15)25-18(22)24/h7-8,10,14H,3-6,9,11-12H2,1-2H3/t14-/m1/s1.